The maximum absolute atomic E-state index is 12.1. The van der Waals surface area contributed by atoms with Gasteiger partial charge in [-0.2, -0.15) is 0 Å². The highest BCUT2D eigenvalue weighted by molar-refractivity contribution is 5.92. The van der Waals surface area contributed by atoms with Crippen LogP contribution >= 0.6 is 0 Å². The summed E-state index contributed by atoms with van der Waals surface area (Å²) in [4.78, 5) is 12.1. The lowest BCUT2D eigenvalue weighted by Gasteiger charge is -2.35. The van der Waals surface area contributed by atoms with Crippen LogP contribution in [0.2, 0.25) is 0 Å². The van der Waals surface area contributed by atoms with Crippen LogP contribution < -0.4 is 16.6 Å². The number of aromatic nitrogens is 1. The summed E-state index contributed by atoms with van der Waals surface area (Å²) < 4.78 is 5.13. The third-order valence-electron chi connectivity index (χ3n) is 3.78. The lowest BCUT2D eigenvalue weighted by atomic mass is 9.80. The van der Waals surface area contributed by atoms with E-state index in [4.69, 9.17) is 10.4 Å². The Kier molecular flexibility index (Phi) is 3.98. The fraction of sp³-hybridized carbons (Fsp3) is 0.333. The summed E-state index contributed by atoms with van der Waals surface area (Å²) in [6, 6.07) is 11.5. The molecule has 0 radical (unpaired) electrons. The Morgan fingerprint density at radius 1 is 1.33 bits per heavy atom. The van der Waals surface area contributed by atoms with Crippen LogP contribution in [-0.4, -0.2) is 23.7 Å². The molecule has 1 aromatic carbocycles. The van der Waals surface area contributed by atoms with Gasteiger partial charge in [0.1, 0.15) is 5.69 Å². The summed E-state index contributed by atoms with van der Waals surface area (Å²) in [5.41, 5.74) is 4.25. The van der Waals surface area contributed by atoms with Crippen LogP contribution in [0.1, 0.15) is 23.4 Å². The fourth-order valence-electron chi connectivity index (χ4n) is 2.57. The van der Waals surface area contributed by atoms with Gasteiger partial charge in [0.25, 0.3) is 5.91 Å². The summed E-state index contributed by atoms with van der Waals surface area (Å²) in [6.07, 6.45) is 1.88. The summed E-state index contributed by atoms with van der Waals surface area (Å²) in [6.45, 7) is 0.785. The van der Waals surface area contributed by atoms with Gasteiger partial charge < -0.3 is 9.84 Å². The molecule has 1 heterocycles. The molecule has 21 heavy (non-hydrogen) atoms. The molecule has 1 fully saturated rings. The molecule has 0 spiro atoms. The molecule has 6 heteroatoms. The first-order chi connectivity index (χ1) is 10.3. The van der Waals surface area contributed by atoms with Crippen molar-refractivity contribution in [2.24, 2.45) is 11.8 Å². The molecule has 1 aromatic heterocycles. The van der Waals surface area contributed by atoms with E-state index in [0.717, 1.165) is 24.9 Å². The first kappa shape index (κ1) is 13.8. The molecule has 1 aliphatic carbocycles. The Labute approximate surface area is 122 Å². The molecule has 0 aliphatic heterocycles. The van der Waals surface area contributed by atoms with Gasteiger partial charge in [0.2, 0.25) is 5.76 Å². The number of hydrazine groups is 1. The van der Waals surface area contributed by atoms with Gasteiger partial charge in [-0.1, -0.05) is 35.5 Å². The third-order valence-corrected chi connectivity index (χ3v) is 3.78. The Morgan fingerprint density at radius 3 is 2.81 bits per heavy atom. The van der Waals surface area contributed by atoms with Crippen molar-refractivity contribution in [1.29, 1.82) is 0 Å². The summed E-state index contributed by atoms with van der Waals surface area (Å²) >= 11 is 0. The molecule has 2 aromatic rings. The van der Waals surface area contributed by atoms with Gasteiger partial charge in [-0.15, -0.1) is 0 Å². The summed E-state index contributed by atoms with van der Waals surface area (Å²) in [5.74, 6) is 5.84. The first-order valence-electron chi connectivity index (χ1n) is 7.02. The van der Waals surface area contributed by atoms with E-state index in [1.807, 2.05) is 30.3 Å². The van der Waals surface area contributed by atoms with Crippen molar-refractivity contribution >= 4 is 5.91 Å². The van der Waals surface area contributed by atoms with Crippen molar-refractivity contribution in [1.82, 2.24) is 15.9 Å². The second kappa shape index (κ2) is 6.07. The zero-order chi connectivity index (χ0) is 14.7. The van der Waals surface area contributed by atoms with E-state index >= 15 is 0 Å². The molecule has 1 aliphatic rings. The molecule has 0 unspecified atom stereocenters. The van der Waals surface area contributed by atoms with Crippen LogP contribution in [-0.2, 0) is 0 Å². The van der Waals surface area contributed by atoms with Crippen molar-refractivity contribution in [3.8, 4) is 11.3 Å². The summed E-state index contributed by atoms with van der Waals surface area (Å²) in [7, 11) is 0. The normalized spacial score (nSPS) is 20.8. The molecule has 0 bridgehead atoms. The number of amides is 1. The Balaban J connectivity index is 1.58. The highest BCUT2D eigenvalue weighted by Crippen LogP contribution is 2.27. The van der Waals surface area contributed by atoms with Gasteiger partial charge >= 0.3 is 0 Å². The van der Waals surface area contributed by atoms with Crippen molar-refractivity contribution in [2.45, 2.75) is 18.9 Å². The zero-order valence-electron chi connectivity index (χ0n) is 11.6. The van der Waals surface area contributed by atoms with E-state index in [1.165, 1.54) is 0 Å². The average molecular weight is 286 g/mol. The smallest absolute Gasteiger partial charge is 0.290 e. The molecule has 3 rings (SSSR count). The highest BCUT2D eigenvalue weighted by atomic mass is 16.5. The maximum atomic E-state index is 12.1. The molecule has 4 N–H and O–H groups in total. The Bertz CT molecular complexity index is 605. The molecule has 0 atom stereocenters. The minimum absolute atomic E-state index is 0.195. The highest BCUT2D eigenvalue weighted by Gasteiger charge is 2.30. The standard InChI is InChI=1S/C15H18N4O2/c16-17-9-10-6-12(7-10)18-15(20)14-8-13(19-21-14)11-4-2-1-3-5-11/h1-5,8,10,12,17H,6-7,9,16H2,(H,18,20). The van der Waals surface area contributed by atoms with Gasteiger partial charge in [-0.3, -0.25) is 16.1 Å². The molecule has 6 nitrogen and oxygen atoms in total. The van der Waals surface area contributed by atoms with Gasteiger partial charge in [-0.05, 0) is 18.8 Å². The number of benzene rings is 1. The fourth-order valence-corrected chi connectivity index (χ4v) is 2.57. The molecular formula is C15H18N4O2. The summed E-state index contributed by atoms with van der Waals surface area (Å²) in [5, 5.41) is 6.89. The monoisotopic (exact) mass is 286 g/mol. The molecule has 110 valence electrons. The van der Waals surface area contributed by atoms with Crippen LogP contribution in [0.3, 0.4) is 0 Å². The Morgan fingerprint density at radius 2 is 2.10 bits per heavy atom. The van der Waals surface area contributed by atoms with Crippen LogP contribution in [0.5, 0.6) is 0 Å². The van der Waals surface area contributed by atoms with Crippen LogP contribution in [0.4, 0.5) is 0 Å². The average Bonchev–Trinajstić information content (AvgIpc) is 2.96. The molecule has 0 saturated heterocycles. The van der Waals surface area contributed by atoms with E-state index in [2.05, 4.69) is 15.9 Å². The largest absolute Gasteiger partial charge is 0.350 e. The number of carbonyl (C=O) groups is 1. The van der Waals surface area contributed by atoms with E-state index < -0.39 is 0 Å². The predicted molar refractivity (Wildman–Crippen MR) is 78.1 cm³/mol. The topological polar surface area (TPSA) is 93.2 Å². The number of nitrogens with two attached hydrogens (primary N) is 1. The first-order valence-corrected chi connectivity index (χ1v) is 7.02. The second-order valence-corrected chi connectivity index (χ2v) is 5.36. The minimum Gasteiger partial charge on any atom is -0.350 e. The molecular weight excluding hydrogens is 268 g/mol. The third kappa shape index (κ3) is 3.12. The number of rotatable bonds is 5. The van der Waals surface area contributed by atoms with Crippen molar-refractivity contribution < 1.29 is 9.32 Å². The molecule has 1 amide bonds. The van der Waals surface area contributed by atoms with E-state index in [-0.39, 0.29) is 17.7 Å². The van der Waals surface area contributed by atoms with Gasteiger partial charge in [0.15, 0.2) is 0 Å². The number of nitrogens with one attached hydrogen (secondary N) is 2. The van der Waals surface area contributed by atoms with Crippen LogP contribution in [0.15, 0.2) is 40.9 Å². The van der Waals surface area contributed by atoms with Crippen molar-refractivity contribution in [3.63, 3.8) is 0 Å². The second-order valence-electron chi connectivity index (χ2n) is 5.36. The number of carbonyl (C=O) groups excluding carboxylic acids is 1. The van der Waals surface area contributed by atoms with Crippen molar-refractivity contribution in [3.05, 3.63) is 42.2 Å². The quantitative estimate of drug-likeness (QED) is 0.569. The van der Waals surface area contributed by atoms with Gasteiger partial charge in [0, 0.05) is 24.2 Å². The lowest BCUT2D eigenvalue weighted by molar-refractivity contribution is 0.0852. The number of hydrogen-bond donors (Lipinski definition) is 3. The molecule has 1 saturated carbocycles. The SMILES string of the molecule is NNCC1CC(NC(=O)c2cc(-c3ccccc3)no2)C1. The van der Waals surface area contributed by atoms with Gasteiger partial charge in [0.05, 0.1) is 0 Å². The van der Waals surface area contributed by atoms with Crippen LogP contribution in [0, 0.1) is 5.92 Å². The number of hydrogen-bond acceptors (Lipinski definition) is 5. The zero-order valence-corrected chi connectivity index (χ0v) is 11.6. The Hall–Kier alpha value is -2.18. The van der Waals surface area contributed by atoms with E-state index in [9.17, 15) is 4.79 Å². The van der Waals surface area contributed by atoms with E-state index in [0.29, 0.717) is 11.6 Å². The minimum atomic E-state index is -0.214. The van der Waals surface area contributed by atoms with Gasteiger partial charge in [-0.25, -0.2) is 0 Å². The lowest BCUT2D eigenvalue weighted by Crippen LogP contribution is -2.47. The predicted octanol–water partition coefficient (Wildman–Crippen LogP) is 1.31. The van der Waals surface area contributed by atoms with Crippen molar-refractivity contribution in [2.75, 3.05) is 6.54 Å². The maximum Gasteiger partial charge on any atom is 0.290 e. The van der Waals surface area contributed by atoms with Crippen LogP contribution in [0.25, 0.3) is 11.3 Å². The van der Waals surface area contributed by atoms with E-state index in [1.54, 1.807) is 6.07 Å². The number of nitrogens with zero attached hydrogens (tertiary/aromatic N) is 1.